The number of nitrogens with zero attached hydrogens (tertiary/aromatic N) is 1. The molecule has 2 rings (SSSR count). The van der Waals surface area contributed by atoms with Crippen molar-refractivity contribution in [3.05, 3.63) is 41.2 Å². The highest BCUT2D eigenvalue weighted by atomic mass is 14.8. The molecule has 54 valence electrons. The molecule has 1 aromatic rings. The van der Waals surface area contributed by atoms with Crippen LogP contribution in [0.3, 0.4) is 0 Å². The van der Waals surface area contributed by atoms with Crippen LogP contribution in [0.15, 0.2) is 30.7 Å². The summed E-state index contributed by atoms with van der Waals surface area (Å²) in [4.78, 5) is 4.02. The van der Waals surface area contributed by atoms with Crippen LogP contribution in [0.1, 0.15) is 0 Å². The van der Waals surface area contributed by atoms with Gasteiger partial charge >= 0.3 is 0 Å². The second-order valence-corrected chi connectivity index (χ2v) is 2.34. The zero-order chi connectivity index (χ0) is 7.52. The van der Waals surface area contributed by atoms with E-state index in [9.17, 15) is 0 Å². The van der Waals surface area contributed by atoms with E-state index in [1.54, 1.807) is 6.20 Å². The minimum absolute atomic E-state index is 1.12. The van der Waals surface area contributed by atoms with Crippen molar-refractivity contribution in [3.63, 3.8) is 0 Å². The minimum atomic E-state index is 1.12. The molecule has 1 aliphatic heterocycles. The van der Waals surface area contributed by atoms with Crippen LogP contribution in [0.25, 0.3) is 12.3 Å². The van der Waals surface area contributed by atoms with Gasteiger partial charge in [-0.2, -0.15) is 0 Å². The number of pyridine rings is 1. The van der Waals surface area contributed by atoms with Gasteiger partial charge in [-0.3, -0.25) is 4.98 Å². The average Bonchev–Trinajstić information content (AvgIpc) is 2.28. The van der Waals surface area contributed by atoms with E-state index in [1.165, 1.54) is 5.22 Å². The number of aromatic nitrogens is 1. The number of hydrogen-bond acceptors (Lipinski definition) is 2. The second-order valence-electron chi connectivity index (χ2n) is 2.34. The minimum Gasteiger partial charge on any atom is -0.367 e. The molecular weight excluding hydrogens is 136 g/mol. The lowest BCUT2D eigenvalue weighted by Crippen LogP contribution is -2.25. The van der Waals surface area contributed by atoms with Gasteiger partial charge in [0.2, 0.25) is 0 Å². The molecule has 2 heterocycles. The fraction of sp³-hybridized carbons (Fsp3) is 0. The van der Waals surface area contributed by atoms with Gasteiger partial charge in [-0.15, -0.1) is 0 Å². The molecule has 2 nitrogen and oxygen atoms in total. The van der Waals surface area contributed by atoms with Gasteiger partial charge < -0.3 is 5.32 Å². The molecule has 0 atom stereocenters. The van der Waals surface area contributed by atoms with Crippen molar-refractivity contribution >= 4 is 12.3 Å². The molecule has 0 fully saturated rings. The summed E-state index contributed by atoms with van der Waals surface area (Å²) in [6, 6.07) is 1.99. The molecule has 0 aromatic carbocycles. The van der Waals surface area contributed by atoms with Crippen molar-refractivity contribution in [2.24, 2.45) is 0 Å². The Balaban J connectivity index is 2.81. The number of fused-ring (bicyclic) bond motifs is 1. The summed E-state index contributed by atoms with van der Waals surface area (Å²) in [5, 5.41) is 5.34. The Kier molecular flexibility index (Phi) is 1.44. The van der Waals surface area contributed by atoms with Gasteiger partial charge in [-0.05, 0) is 17.4 Å². The van der Waals surface area contributed by atoms with Crippen LogP contribution in [0, 0.1) is 0 Å². The Morgan fingerprint density at radius 1 is 1.27 bits per heavy atom. The fourth-order valence-electron chi connectivity index (χ4n) is 1.04. The first-order valence-corrected chi connectivity index (χ1v) is 3.50. The van der Waals surface area contributed by atoms with Crippen molar-refractivity contribution in [1.29, 1.82) is 0 Å². The van der Waals surface area contributed by atoms with Crippen LogP contribution in [-0.4, -0.2) is 4.98 Å². The van der Waals surface area contributed by atoms with Crippen LogP contribution in [-0.2, 0) is 0 Å². The van der Waals surface area contributed by atoms with E-state index in [4.69, 9.17) is 0 Å². The Morgan fingerprint density at radius 2 is 2.27 bits per heavy atom. The van der Waals surface area contributed by atoms with Gasteiger partial charge in [0, 0.05) is 30.0 Å². The van der Waals surface area contributed by atoms with Gasteiger partial charge in [-0.25, -0.2) is 0 Å². The third-order valence-electron chi connectivity index (χ3n) is 1.59. The SMILES string of the molecule is C1=CNC=c2cnccc2=C1. The van der Waals surface area contributed by atoms with Gasteiger partial charge in [0.1, 0.15) is 0 Å². The van der Waals surface area contributed by atoms with E-state index >= 15 is 0 Å². The maximum absolute atomic E-state index is 4.02. The molecule has 0 saturated heterocycles. The monoisotopic (exact) mass is 144 g/mol. The molecule has 0 unspecified atom stereocenters. The Hall–Kier alpha value is -1.57. The number of rotatable bonds is 0. The maximum atomic E-state index is 4.02. The van der Waals surface area contributed by atoms with Gasteiger partial charge in [0.15, 0.2) is 0 Å². The summed E-state index contributed by atoms with van der Waals surface area (Å²) in [6.45, 7) is 0. The van der Waals surface area contributed by atoms with Crippen LogP contribution in [0.5, 0.6) is 0 Å². The summed E-state index contributed by atoms with van der Waals surface area (Å²) >= 11 is 0. The molecule has 0 spiro atoms. The van der Waals surface area contributed by atoms with Crippen LogP contribution >= 0.6 is 0 Å². The van der Waals surface area contributed by atoms with Gasteiger partial charge in [0.25, 0.3) is 0 Å². The Bertz CT molecular complexity index is 390. The van der Waals surface area contributed by atoms with Crippen molar-refractivity contribution < 1.29 is 0 Å². The van der Waals surface area contributed by atoms with E-state index in [-0.39, 0.29) is 0 Å². The van der Waals surface area contributed by atoms with E-state index in [0.717, 1.165) is 5.22 Å². The lowest BCUT2D eigenvalue weighted by Gasteiger charge is -1.86. The smallest absolute Gasteiger partial charge is 0.0360 e. The molecule has 0 radical (unpaired) electrons. The summed E-state index contributed by atoms with van der Waals surface area (Å²) in [5.74, 6) is 0. The number of hydrogen-bond donors (Lipinski definition) is 1. The van der Waals surface area contributed by atoms with E-state index < -0.39 is 0 Å². The van der Waals surface area contributed by atoms with Gasteiger partial charge in [-0.1, -0.05) is 6.08 Å². The standard InChI is InChI=1S/C9H8N2/c1-2-8-3-5-11-7-9(8)6-10-4-1/h1-7,10H. The first-order valence-electron chi connectivity index (χ1n) is 3.50. The molecule has 0 amide bonds. The highest BCUT2D eigenvalue weighted by Gasteiger charge is 1.84. The molecule has 1 aromatic heterocycles. The second kappa shape index (κ2) is 2.58. The molecule has 0 bridgehead atoms. The van der Waals surface area contributed by atoms with E-state index in [2.05, 4.69) is 10.3 Å². The van der Waals surface area contributed by atoms with E-state index in [0.29, 0.717) is 0 Å². The third kappa shape index (κ3) is 1.15. The summed E-state index contributed by atoms with van der Waals surface area (Å²) in [6.07, 6.45) is 11.5. The quantitative estimate of drug-likeness (QED) is 0.541. The summed E-state index contributed by atoms with van der Waals surface area (Å²) < 4.78 is 0. The molecule has 1 aliphatic rings. The predicted octanol–water partition coefficient (Wildman–Crippen LogP) is -0.283. The largest absolute Gasteiger partial charge is 0.367 e. The molecule has 11 heavy (non-hydrogen) atoms. The molecule has 0 aliphatic carbocycles. The Labute approximate surface area is 64.6 Å². The van der Waals surface area contributed by atoms with Crippen LogP contribution in [0.2, 0.25) is 0 Å². The summed E-state index contributed by atoms with van der Waals surface area (Å²) in [5.41, 5.74) is 0. The first-order chi connectivity index (χ1) is 5.47. The van der Waals surface area contributed by atoms with Crippen molar-refractivity contribution in [2.75, 3.05) is 0 Å². The molecule has 2 heteroatoms. The van der Waals surface area contributed by atoms with Crippen LogP contribution < -0.4 is 15.8 Å². The zero-order valence-corrected chi connectivity index (χ0v) is 5.99. The Morgan fingerprint density at radius 3 is 3.27 bits per heavy atom. The van der Waals surface area contributed by atoms with Crippen molar-refractivity contribution in [2.45, 2.75) is 0 Å². The van der Waals surface area contributed by atoms with Crippen molar-refractivity contribution in [3.8, 4) is 0 Å². The zero-order valence-electron chi connectivity index (χ0n) is 5.99. The maximum Gasteiger partial charge on any atom is 0.0360 e. The average molecular weight is 144 g/mol. The molecule has 1 N–H and O–H groups in total. The van der Waals surface area contributed by atoms with E-state index in [1.807, 2.05) is 36.8 Å². The number of allylic oxidation sites excluding steroid dienone is 1. The highest BCUT2D eigenvalue weighted by molar-refractivity contribution is 5.41. The molecule has 0 saturated carbocycles. The lowest BCUT2D eigenvalue weighted by molar-refractivity contribution is 1.23. The number of nitrogens with one attached hydrogen (secondary N) is 1. The summed E-state index contributed by atoms with van der Waals surface area (Å²) in [7, 11) is 0. The first kappa shape index (κ1) is 6.16. The lowest BCUT2D eigenvalue weighted by atomic mass is 10.3. The predicted molar refractivity (Wildman–Crippen MR) is 44.7 cm³/mol. The fourth-order valence-corrected chi connectivity index (χ4v) is 1.04. The van der Waals surface area contributed by atoms with Gasteiger partial charge in [0.05, 0.1) is 0 Å². The highest BCUT2D eigenvalue weighted by Crippen LogP contribution is 1.74. The van der Waals surface area contributed by atoms with Crippen LogP contribution in [0.4, 0.5) is 0 Å². The third-order valence-corrected chi connectivity index (χ3v) is 1.59. The normalized spacial score (nSPS) is 13.5. The van der Waals surface area contributed by atoms with Crippen molar-refractivity contribution in [1.82, 2.24) is 10.3 Å². The topological polar surface area (TPSA) is 24.9 Å². The molecular formula is C9H8N2.